The second-order valence-corrected chi connectivity index (χ2v) is 6.92. The predicted molar refractivity (Wildman–Crippen MR) is 120 cm³/mol. The molecule has 0 aliphatic rings. The lowest BCUT2D eigenvalue weighted by Crippen LogP contribution is -2.07. The number of benzene rings is 3. The highest BCUT2D eigenvalue weighted by atomic mass is 16.5. The number of anilines is 2. The van der Waals surface area contributed by atoms with Crippen LogP contribution in [-0.2, 0) is 6.54 Å². The van der Waals surface area contributed by atoms with Gasteiger partial charge in [0.2, 0.25) is 5.95 Å². The molecule has 1 heterocycles. The molecule has 0 spiro atoms. The molecule has 0 amide bonds. The molecule has 0 aliphatic heterocycles. The molecule has 7 heteroatoms. The molecule has 0 unspecified atom stereocenters. The fourth-order valence-electron chi connectivity index (χ4n) is 3.42. The first kappa shape index (κ1) is 20.3. The number of para-hydroxylation sites is 1. The van der Waals surface area contributed by atoms with Crippen molar-refractivity contribution in [2.24, 2.45) is 0 Å². The van der Waals surface area contributed by atoms with Crippen molar-refractivity contribution in [3.63, 3.8) is 0 Å². The Bertz CT molecular complexity index is 1220. The summed E-state index contributed by atoms with van der Waals surface area (Å²) in [5, 5.41) is 12.7. The third-order valence-electron chi connectivity index (χ3n) is 4.94. The van der Waals surface area contributed by atoms with Gasteiger partial charge in [-0.2, -0.15) is 0 Å². The first-order valence-electron chi connectivity index (χ1n) is 9.94. The number of methoxy groups -OCH3 is 1. The highest BCUT2D eigenvalue weighted by Gasteiger charge is 2.15. The Kier molecular flexibility index (Phi) is 5.75. The van der Waals surface area contributed by atoms with Crippen molar-refractivity contribution in [2.75, 3.05) is 19.0 Å². The third kappa shape index (κ3) is 4.30. The SMILES string of the molecule is CCOc1ccccc1Cn1c(Nc2ccc(OC)cc2)nc2cc(C(=O)O)ccc21. The fraction of sp³-hybridized carbons (Fsp3) is 0.167. The van der Waals surface area contributed by atoms with Gasteiger partial charge >= 0.3 is 5.97 Å². The van der Waals surface area contributed by atoms with E-state index in [2.05, 4.69) is 10.3 Å². The van der Waals surface area contributed by atoms with Crippen molar-refractivity contribution in [1.82, 2.24) is 9.55 Å². The second-order valence-electron chi connectivity index (χ2n) is 6.92. The van der Waals surface area contributed by atoms with E-state index in [9.17, 15) is 9.90 Å². The van der Waals surface area contributed by atoms with Crippen molar-refractivity contribution in [2.45, 2.75) is 13.5 Å². The van der Waals surface area contributed by atoms with Gasteiger partial charge in [0.1, 0.15) is 11.5 Å². The van der Waals surface area contributed by atoms with Crippen molar-refractivity contribution in [3.05, 3.63) is 77.9 Å². The molecule has 0 radical (unpaired) electrons. The van der Waals surface area contributed by atoms with E-state index in [4.69, 9.17) is 9.47 Å². The minimum atomic E-state index is -0.984. The van der Waals surface area contributed by atoms with Crippen LogP contribution in [0.1, 0.15) is 22.8 Å². The van der Waals surface area contributed by atoms with Gasteiger partial charge in [-0.3, -0.25) is 0 Å². The van der Waals surface area contributed by atoms with Crippen LogP contribution in [0.15, 0.2) is 66.7 Å². The number of fused-ring (bicyclic) bond motifs is 1. The van der Waals surface area contributed by atoms with Crippen LogP contribution < -0.4 is 14.8 Å². The van der Waals surface area contributed by atoms with E-state index in [1.54, 1.807) is 25.3 Å². The van der Waals surface area contributed by atoms with Gasteiger partial charge in [0.05, 0.1) is 36.9 Å². The third-order valence-corrected chi connectivity index (χ3v) is 4.94. The maximum absolute atomic E-state index is 11.4. The van der Waals surface area contributed by atoms with E-state index in [0.717, 1.165) is 28.3 Å². The summed E-state index contributed by atoms with van der Waals surface area (Å²) in [6.07, 6.45) is 0. The minimum absolute atomic E-state index is 0.197. The number of hydrogen-bond acceptors (Lipinski definition) is 5. The Balaban J connectivity index is 1.78. The van der Waals surface area contributed by atoms with E-state index in [1.165, 1.54) is 0 Å². The van der Waals surface area contributed by atoms with Crippen molar-refractivity contribution in [1.29, 1.82) is 0 Å². The highest BCUT2D eigenvalue weighted by molar-refractivity contribution is 5.93. The Morgan fingerprint density at radius 3 is 2.58 bits per heavy atom. The molecule has 158 valence electrons. The molecule has 4 aromatic rings. The van der Waals surface area contributed by atoms with Crippen LogP contribution in [-0.4, -0.2) is 34.3 Å². The maximum Gasteiger partial charge on any atom is 0.335 e. The normalized spacial score (nSPS) is 10.8. The summed E-state index contributed by atoms with van der Waals surface area (Å²) >= 11 is 0. The Labute approximate surface area is 179 Å². The first-order chi connectivity index (χ1) is 15.1. The zero-order valence-electron chi connectivity index (χ0n) is 17.3. The van der Waals surface area contributed by atoms with Gasteiger partial charge in [-0.15, -0.1) is 0 Å². The molecule has 3 aromatic carbocycles. The fourth-order valence-corrected chi connectivity index (χ4v) is 3.42. The van der Waals surface area contributed by atoms with Gasteiger partial charge in [-0.05, 0) is 55.5 Å². The summed E-state index contributed by atoms with van der Waals surface area (Å²) in [6.45, 7) is 3.03. The molecule has 7 nitrogen and oxygen atoms in total. The largest absolute Gasteiger partial charge is 0.497 e. The average Bonchev–Trinajstić information content (AvgIpc) is 3.12. The van der Waals surface area contributed by atoms with Crippen molar-refractivity contribution in [3.8, 4) is 11.5 Å². The molecule has 31 heavy (non-hydrogen) atoms. The maximum atomic E-state index is 11.4. The van der Waals surface area contributed by atoms with Crippen LogP contribution in [0.4, 0.5) is 11.6 Å². The standard InChI is InChI=1S/C24H23N3O4/c1-3-31-22-7-5-4-6-17(22)15-27-21-13-8-16(23(28)29)14-20(21)26-24(27)25-18-9-11-19(30-2)12-10-18/h4-14H,3,15H2,1-2H3,(H,25,26)(H,28,29). The topological polar surface area (TPSA) is 85.6 Å². The summed E-state index contributed by atoms with van der Waals surface area (Å²) in [5.41, 5.74) is 3.47. The van der Waals surface area contributed by atoms with Crippen molar-refractivity contribution < 1.29 is 19.4 Å². The summed E-state index contributed by atoms with van der Waals surface area (Å²) in [7, 11) is 1.62. The molecule has 0 saturated heterocycles. The number of imidazole rings is 1. The summed E-state index contributed by atoms with van der Waals surface area (Å²) < 4.78 is 13.0. The predicted octanol–water partition coefficient (Wildman–Crippen LogP) is 4.93. The summed E-state index contributed by atoms with van der Waals surface area (Å²) in [5.74, 6) is 1.19. The second kappa shape index (κ2) is 8.79. The Morgan fingerprint density at radius 2 is 1.87 bits per heavy atom. The van der Waals surface area contributed by atoms with E-state index in [-0.39, 0.29) is 5.56 Å². The van der Waals surface area contributed by atoms with Crippen LogP contribution in [0.2, 0.25) is 0 Å². The number of carboxylic acids is 1. The van der Waals surface area contributed by atoms with Crippen molar-refractivity contribution >= 4 is 28.6 Å². The van der Waals surface area contributed by atoms with E-state index in [0.29, 0.717) is 24.6 Å². The van der Waals surface area contributed by atoms with Gasteiger partial charge in [-0.25, -0.2) is 9.78 Å². The number of hydrogen-bond donors (Lipinski definition) is 2. The molecule has 0 atom stereocenters. The smallest absolute Gasteiger partial charge is 0.335 e. The van der Waals surface area contributed by atoms with Gasteiger partial charge in [0.15, 0.2) is 0 Å². The van der Waals surface area contributed by atoms with E-state index < -0.39 is 5.97 Å². The molecule has 2 N–H and O–H groups in total. The number of carbonyl (C=O) groups is 1. The van der Waals surface area contributed by atoms with Gasteiger partial charge in [0, 0.05) is 11.3 Å². The molecule has 1 aromatic heterocycles. The van der Waals surface area contributed by atoms with E-state index in [1.807, 2.05) is 60.0 Å². The van der Waals surface area contributed by atoms with Crippen LogP contribution in [0.3, 0.4) is 0 Å². The number of nitrogens with zero attached hydrogens (tertiary/aromatic N) is 2. The number of ether oxygens (including phenoxy) is 2. The number of aromatic nitrogens is 2. The molecule has 0 fully saturated rings. The van der Waals surface area contributed by atoms with Crippen LogP contribution in [0.25, 0.3) is 11.0 Å². The lowest BCUT2D eigenvalue weighted by Gasteiger charge is -2.14. The average molecular weight is 417 g/mol. The zero-order chi connectivity index (χ0) is 21.8. The monoisotopic (exact) mass is 417 g/mol. The molecule has 0 saturated carbocycles. The zero-order valence-corrected chi connectivity index (χ0v) is 17.3. The first-order valence-corrected chi connectivity index (χ1v) is 9.94. The Hall–Kier alpha value is -4.00. The van der Waals surface area contributed by atoms with Gasteiger partial charge < -0.3 is 24.5 Å². The number of carboxylic acid groups (broad SMARTS) is 1. The number of nitrogens with one attached hydrogen (secondary N) is 1. The lowest BCUT2D eigenvalue weighted by atomic mass is 10.2. The summed E-state index contributed by atoms with van der Waals surface area (Å²) in [6, 6.07) is 20.4. The van der Waals surface area contributed by atoms with Crippen LogP contribution in [0.5, 0.6) is 11.5 Å². The van der Waals surface area contributed by atoms with Gasteiger partial charge in [0.25, 0.3) is 0 Å². The van der Waals surface area contributed by atoms with Crippen LogP contribution >= 0.6 is 0 Å². The Morgan fingerprint density at radius 1 is 1.10 bits per heavy atom. The lowest BCUT2D eigenvalue weighted by molar-refractivity contribution is 0.0697. The van der Waals surface area contributed by atoms with Gasteiger partial charge in [-0.1, -0.05) is 18.2 Å². The molecular weight excluding hydrogens is 394 g/mol. The quantitative estimate of drug-likeness (QED) is 0.423. The molecule has 0 aliphatic carbocycles. The molecule has 0 bridgehead atoms. The number of aromatic carboxylic acids is 1. The molecule has 4 rings (SSSR count). The summed E-state index contributed by atoms with van der Waals surface area (Å²) in [4.78, 5) is 16.1. The highest BCUT2D eigenvalue weighted by Crippen LogP contribution is 2.28. The number of rotatable bonds is 8. The van der Waals surface area contributed by atoms with Crippen LogP contribution in [0, 0.1) is 0 Å². The minimum Gasteiger partial charge on any atom is -0.497 e. The molecular formula is C24H23N3O4. The van der Waals surface area contributed by atoms with E-state index >= 15 is 0 Å².